The molecule has 1 N–H and O–H groups in total. The van der Waals surface area contributed by atoms with Crippen LogP contribution in [0.25, 0.3) is 0 Å². The molecule has 0 aromatic heterocycles. The molecule has 178 valence electrons. The molecule has 0 saturated heterocycles. The van der Waals surface area contributed by atoms with Crippen molar-refractivity contribution in [3.05, 3.63) is 83.7 Å². The van der Waals surface area contributed by atoms with Gasteiger partial charge < -0.3 is 4.74 Å². The lowest BCUT2D eigenvalue weighted by Gasteiger charge is -2.32. The van der Waals surface area contributed by atoms with E-state index in [1.807, 2.05) is 0 Å². The van der Waals surface area contributed by atoms with Crippen molar-refractivity contribution in [1.82, 2.24) is 0 Å². The molecule has 0 radical (unpaired) electrons. The lowest BCUT2D eigenvalue weighted by molar-refractivity contribution is 0.0600. The molecule has 8 nitrogen and oxygen atoms in total. The van der Waals surface area contributed by atoms with Crippen LogP contribution in [0.15, 0.2) is 71.6 Å². The van der Waals surface area contributed by atoms with Crippen LogP contribution in [0.4, 0.5) is 21.5 Å². The highest BCUT2D eigenvalue weighted by Gasteiger charge is 2.30. The van der Waals surface area contributed by atoms with Crippen LogP contribution in [0.3, 0.4) is 0 Å². The number of carbonyl (C=O) groups excluding carboxylic acids is 1. The van der Waals surface area contributed by atoms with Crippen LogP contribution in [0.2, 0.25) is 0 Å². The van der Waals surface area contributed by atoms with Gasteiger partial charge >= 0.3 is 5.97 Å². The molecule has 1 heterocycles. The molecular formula is C23H21FN2O6S2. The number of esters is 1. The van der Waals surface area contributed by atoms with Gasteiger partial charge in [-0.2, -0.15) is 0 Å². The lowest BCUT2D eigenvalue weighted by Crippen LogP contribution is -2.35. The van der Waals surface area contributed by atoms with Gasteiger partial charge in [0.2, 0.25) is 0 Å². The number of carbonyl (C=O) groups is 1. The molecule has 1 aliphatic rings. The van der Waals surface area contributed by atoms with Gasteiger partial charge in [-0.05, 0) is 79.1 Å². The third-order valence-corrected chi connectivity index (χ3v) is 8.02. The molecule has 1 unspecified atom stereocenters. The second-order valence-electron chi connectivity index (χ2n) is 7.51. The van der Waals surface area contributed by atoms with Crippen LogP contribution in [0, 0.1) is 5.82 Å². The van der Waals surface area contributed by atoms with E-state index in [4.69, 9.17) is 0 Å². The van der Waals surface area contributed by atoms with Crippen LogP contribution in [-0.2, 0) is 32.4 Å². The molecule has 34 heavy (non-hydrogen) atoms. The highest BCUT2D eigenvalue weighted by molar-refractivity contribution is 7.92. The number of rotatable bonds is 6. The standard InChI is InChI=1S/C23H21FN2O6S2/c1-32-23(27)17-5-9-19(10-6-17)26(33(28)29)20-11-4-16-3-2-14-25(22(16)15-20)34(30,31)21-12-7-18(24)8-13-21/h4-13,15H,2-3,14H2,1H3,(H,28,29). The number of hydrogen-bond donors (Lipinski definition) is 1. The number of fused-ring (bicyclic) bond motifs is 1. The van der Waals surface area contributed by atoms with E-state index in [1.165, 1.54) is 53.9 Å². The first-order chi connectivity index (χ1) is 16.2. The SMILES string of the molecule is COC(=O)c1ccc(N(c2ccc3c(c2)N(S(=O)(=O)c2ccc(F)cc2)CCC3)S(=O)O)cc1. The Kier molecular flexibility index (Phi) is 6.69. The summed E-state index contributed by atoms with van der Waals surface area (Å²) >= 11 is -2.49. The summed E-state index contributed by atoms with van der Waals surface area (Å²) in [4.78, 5) is 11.6. The predicted octanol–water partition coefficient (Wildman–Crippen LogP) is 4.03. The van der Waals surface area contributed by atoms with Crippen molar-refractivity contribution >= 4 is 44.3 Å². The van der Waals surface area contributed by atoms with E-state index in [2.05, 4.69) is 4.74 Å². The van der Waals surface area contributed by atoms with Gasteiger partial charge in [0.15, 0.2) is 0 Å². The number of ether oxygens (including phenoxy) is 1. The van der Waals surface area contributed by atoms with Crippen LogP contribution >= 0.6 is 0 Å². The summed E-state index contributed by atoms with van der Waals surface area (Å²) in [5.74, 6) is -1.08. The topological polar surface area (TPSA) is 104 Å². The first kappa shape index (κ1) is 23.9. The summed E-state index contributed by atoms with van der Waals surface area (Å²) in [7, 11) is -2.73. The van der Waals surface area contributed by atoms with Crippen LogP contribution in [0.5, 0.6) is 0 Å². The quantitative estimate of drug-likeness (QED) is 0.402. The molecule has 11 heteroatoms. The van der Waals surface area contributed by atoms with Crippen molar-refractivity contribution in [2.75, 3.05) is 22.3 Å². The summed E-state index contributed by atoms with van der Waals surface area (Å²) in [6.45, 7) is 0.214. The van der Waals surface area contributed by atoms with Crippen molar-refractivity contribution in [2.24, 2.45) is 0 Å². The van der Waals surface area contributed by atoms with Crippen molar-refractivity contribution < 1.29 is 31.1 Å². The summed E-state index contributed by atoms with van der Waals surface area (Å²) in [6, 6.07) is 15.4. The monoisotopic (exact) mass is 504 g/mol. The van der Waals surface area contributed by atoms with Crippen molar-refractivity contribution in [3.8, 4) is 0 Å². The first-order valence-electron chi connectivity index (χ1n) is 10.2. The highest BCUT2D eigenvalue weighted by Crippen LogP contribution is 2.37. The van der Waals surface area contributed by atoms with Gasteiger partial charge in [0.1, 0.15) is 5.82 Å². The Balaban J connectivity index is 1.75. The number of benzene rings is 3. The summed E-state index contributed by atoms with van der Waals surface area (Å²) in [5.41, 5.74) is 2.03. The number of nitrogens with zero attached hydrogens (tertiary/aromatic N) is 2. The molecular weight excluding hydrogens is 483 g/mol. The van der Waals surface area contributed by atoms with Gasteiger partial charge in [0.25, 0.3) is 21.3 Å². The number of sulfonamides is 1. The van der Waals surface area contributed by atoms with Crippen molar-refractivity contribution in [3.63, 3.8) is 0 Å². The molecule has 0 aliphatic carbocycles. The first-order valence-corrected chi connectivity index (χ1v) is 12.7. The Morgan fingerprint density at radius 2 is 1.71 bits per heavy atom. The van der Waals surface area contributed by atoms with E-state index < -0.39 is 33.1 Å². The minimum Gasteiger partial charge on any atom is -0.465 e. The number of anilines is 3. The smallest absolute Gasteiger partial charge is 0.337 e. The normalized spacial score (nSPS) is 14.3. The summed E-state index contributed by atoms with van der Waals surface area (Å²) in [5, 5.41) is 0. The van der Waals surface area contributed by atoms with E-state index in [9.17, 15) is 26.4 Å². The Hall–Kier alpha value is -3.28. The molecule has 0 fully saturated rings. The molecule has 0 spiro atoms. The minimum absolute atomic E-state index is 0.0480. The van der Waals surface area contributed by atoms with E-state index in [1.54, 1.807) is 12.1 Å². The van der Waals surface area contributed by atoms with Crippen molar-refractivity contribution in [1.29, 1.82) is 0 Å². The lowest BCUT2D eigenvalue weighted by atomic mass is 10.0. The Morgan fingerprint density at radius 1 is 1.06 bits per heavy atom. The summed E-state index contributed by atoms with van der Waals surface area (Å²) in [6.07, 6.45) is 1.23. The third-order valence-electron chi connectivity index (χ3n) is 5.46. The van der Waals surface area contributed by atoms with Crippen LogP contribution in [-0.4, -0.2) is 36.8 Å². The van der Waals surface area contributed by atoms with Crippen LogP contribution < -0.4 is 8.61 Å². The second kappa shape index (κ2) is 9.53. The number of halogens is 1. The molecule has 0 amide bonds. The van der Waals surface area contributed by atoms with E-state index in [-0.39, 0.29) is 22.7 Å². The van der Waals surface area contributed by atoms with Gasteiger partial charge in [-0.3, -0.25) is 8.86 Å². The van der Waals surface area contributed by atoms with E-state index in [0.29, 0.717) is 24.2 Å². The predicted molar refractivity (Wildman–Crippen MR) is 126 cm³/mol. The highest BCUT2D eigenvalue weighted by atomic mass is 32.2. The molecule has 0 saturated carbocycles. The van der Waals surface area contributed by atoms with Gasteiger partial charge in [0.05, 0.1) is 34.6 Å². The fraction of sp³-hybridized carbons (Fsp3) is 0.174. The maximum Gasteiger partial charge on any atom is 0.337 e. The molecule has 4 rings (SSSR count). The minimum atomic E-state index is -3.98. The zero-order valence-electron chi connectivity index (χ0n) is 18.0. The number of aryl methyl sites for hydroxylation is 1. The zero-order chi connectivity index (χ0) is 24.5. The van der Waals surface area contributed by atoms with Gasteiger partial charge in [-0.25, -0.2) is 26.1 Å². The summed E-state index contributed by atoms with van der Waals surface area (Å²) < 4.78 is 69.2. The second-order valence-corrected chi connectivity index (χ2v) is 10.2. The number of methoxy groups -OCH3 is 1. The van der Waals surface area contributed by atoms with Gasteiger partial charge in [-0.1, -0.05) is 6.07 Å². The van der Waals surface area contributed by atoms with Gasteiger partial charge in [0, 0.05) is 6.54 Å². The molecule has 1 atom stereocenters. The fourth-order valence-corrected chi connectivity index (χ4v) is 5.95. The van der Waals surface area contributed by atoms with Crippen molar-refractivity contribution in [2.45, 2.75) is 17.7 Å². The number of hydrogen-bond acceptors (Lipinski definition) is 5. The zero-order valence-corrected chi connectivity index (χ0v) is 19.7. The molecule has 1 aliphatic heterocycles. The Labute approximate surface area is 199 Å². The third kappa shape index (κ3) is 4.54. The average molecular weight is 505 g/mol. The largest absolute Gasteiger partial charge is 0.465 e. The van der Waals surface area contributed by atoms with E-state index >= 15 is 0 Å². The Bertz CT molecular complexity index is 1340. The maximum atomic E-state index is 13.3. The fourth-order valence-electron chi connectivity index (χ4n) is 3.82. The maximum absolute atomic E-state index is 13.3. The Morgan fingerprint density at radius 3 is 2.32 bits per heavy atom. The van der Waals surface area contributed by atoms with E-state index in [0.717, 1.165) is 22.0 Å². The average Bonchev–Trinajstić information content (AvgIpc) is 2.83. The molecule has 3 aromatic rings. The van der Waals surface area contributed by atoms with Crippen LogP contribution in [0.1, 0.15) is 22.3 Å². The van der Waals surface area contributed by atoms with Gasteiger partial charge in [-0.15, -0.1) is 0 Å². The molecule has 0 bridgehead atoms. The molecule has 3 aromatic carbocycles.